The first-order valence-corrected chi connectivity index (χ1v) is 7.65. The minimum atomic E-state index is -3.60. The third-order valence-electron chi connectivity index (χ3n) is 3.32. The van der Waals surface area contributed by atoms with E-state index in [4.69, 9.17) is 5.73 Å². The molecule has 1 aromatic carbocycles. The highest BCUT2D eigenvalue weighted by molar-refractivity contribution is 7.89. The first kappa shape index (κ1) is 14.5. The zero-order chi connectivity index (χ0) is 14.9. The lowest BCUT2D eigenvalue weighted by Gasteiger charge is -2.12. The predicted molar refractivity (Wildman–Crippen MR) is 77.7 cm³/mol. The normalized spacial score (nSPS) is 11.8. The molecule has 0 amide bonds. The number of nitrogens with two attached hydrogens (primary N) is 1. The van der Waals surface area contributed by atoms with E-state index in [1.54, 1.807) is 19.2 Å². The Morgan fingerprint density at radius 1 is 1.30 bits per heavy atom. The summed E-state index contributed by atoms with van der Waals surface area (Å²) in [5, 5.41) is 6.63. The van der Waals surface area contributed by atoms with Crippen molar-refractivity contribution in [2.75, 3.05) is 5.73 Å². The lowest BCUT2D eigenvalue weighted by molar-refractivity contribution is 0.580. The topological polar surface area (TPSA) is 101 Å². The number of nitrogens with zero attached hydrogens (tertiary/aromatic N) is 1. The van der Waals surface area contributed by atoms with Crippen molar-refractivity contribution in [1.82, 2.24) is 14.9 Å². The molecule has 2 rings (SSSR count). The number of aromatic nitrogens is 2. The maximum absolute atomic E-state index is 12.4. The van der Waals surface area contributed by atoms with Gasteiger partial charge in [0.2, 0.25) is 10.0 Å². The molecule has 108 valence electrons. The van der Waals surface area contributed by atoms with E-state index in [0.717, 1.165) is 16.8 Å². The molecule has 0 radical (unpaired) electrons. The number of hydrogen-bond donors (Lipinski definition) is 3. The highest BCUT2D eigenvalue weighted by Gasteiger charge is 2.18. The Bertz CT molecular complexity index is 735. The number of nitrogens with one attached hydrogen (secondary N) is 2. The first-order chi connectivity index (χ1) is 9.31. The van der Waals surface area contributed by atoms with Gasteiger partial charge in [0, 0.05) is 23.5 Å². The second-order valence-corrected chi connectivity index (χ2v) is 6.54. The Hall–Kier alpha value is -1.86. The number of nitrogen functional groups attached to an aromatic ring is 1. The summed E-state index contributed by atoms with van der Waals surface area (Å²) in [5.41, 5.74) is 9.38. The van der Waals surface area contributed by atoms with E-state index < -0.39 is 10.0 Å². The van der Waals surface area contributed by atoms with Crippen LogP contribution in [0.2, 0.25) is 0 Å². The van der Waals surface area contributed by atoms with Crippen molar-refractivity contribution < 1.29 is 8.42 Å². The van der Waals surface area contributed by atoms with Gasteiger partial charge in [-0.25, -0.2) is 13.1 Å². The monoisotopic (exact) mass is 294 g/mol. The Labute approximate surface area is 118 Å². The number of hydrogen-bond acceptors (Lipinski definition) is 4. The van der Waals surface area contributed by atoms with E-state index in [2.05, 4.69) is 14.9 Å². The zero-order valence-corrected chi connectivity index (χ0v) is 12.5. The van der Waals surface area contributed by atoms with Gasteiger partial charge in [-0.1, -0.05) is 0 Å². The Morgan fingerprint density at radius 2 is 2.00 bits per heavy atom. The number of benzene rings is 1. The molecule has 1 heterocycles. The maximum Gasteiger partial charge on any atom is 0.241 e. The number of aromatic amines is 1. The van der Waals surface area contributed by atoms with Gasteiger partial charge in [0.1, 0.15) is 0 Å². The van der Waals surface area contributed by atoms with Crippen LogP contribution in [-0.2, 0) is 16.6 Å². The zero-order valence-electron chi connectivity index (χ0n) is 11.7. The average molecular weight is 294 g/mol. The SMILES string of the molecule is Cc1cc(N)cc(S(=O)(=O)NCc2cn[nH]c2C)c1C. The van der Waals surface area contributed by atoms with Crippen molar-refractivity contribution in [2.45, 2.75) is 32.2 Å². The molecule has 2 aromatic rings. The van der Waals surface area contributed by atoms with E-state index in [9.17, 15) is 8.42 Å². The highest BCUT2D eigenvalue weighted by atomic mass is 32.2. The quantitative estimate of drug-likeness (QED) is 0.742. The van der Waals surface area contributed by atoms with Crippen molar-refractivity contribution in [3.05, 3.63) is 40.7 Å². The van der Waals surface area contributed by atoms with Gasteiger partial charge in [0.05, 0.1) is 11.1 Å². The van der Waals surface area contributed by atoms with E-state index in [0.29, 0.717) is 11.3 Å². The number of rotatable bonds is 4. The van der Waals surface area contributed by atoms with Gasteiger partial charge in [-0.3, -0.25) is 5.10 Å². The van der Waals surface area contributed by atoms with Gasteiger partial charge in [0.25, 0.3) is 0 Å². The summed E-state index contributed by atoms with van der Waals surface area (Å²) >= 11 is 0. The van der Waals surface area contributed by atoms with Gasteiger partial charge in [0.15, 0.2) is 0 Å². The van der Waals surface area contributed by atoms with Crippen molar-refractivity contribution in [3.8, 4) is 0 Å². The minimum absolute atomic E-state index is 0.192. The fraction of sp³-hybridized carbons (Fsp3) is 0.308. The largest absolute Gasteiger partial charge is 0.399 e. The molecule has 0 aliphatic rings. The van der Waals surface area contributed by atoms with Gasteiger partial charge in [-0.15, -0.1) is 0 Å². The molecule has 0 bridgehead atoms. The molecule has 0 aliphatic heterocycles. The van der Waals surface area contributed by atoms with Gasteiger partial charge >= 0.3 is 0 Å². The molecule has 0 atom stereocenters. The molecular weight excluding hydrogens is 276 g/mol. The predicted octanol–water partition coefficient (Wildman–Crippen LogP) is 1.40. The van der Waals surface area contributed by atoms with E-state index in [1.807, 2.05) is 13.8 Å². The molecule has 0 fully saturated rings. The molecule has 0 saturated heterocycles. The molecule has 20 heavy (non-hydrogen) atoms. The molecule has 7 heteroatoms. The van der Waals surface area contributed by atoms with Crippen LogP contribution in [0, 0.1) is 20.8 Å². The molecule has 0 saturated carbocycles. The fourth-order valence-corrected chi connectivity index (χ4v) is 3.29. The van der Waals surface area contributed by atoms with Crippen LogP contribution in [0.5, 0.6) is 0 Å². The van der Waals surface area contributed by atoms with Crippen LogP contribution >= 0.6 is 0 Å². The molecule has 6 nitrogen and oxygen atoms in total. The van der Waals surface area contributed by atoms with Crippen LogP contribution in [0.15, 0.2) is 23.2 Å². The minimum Gasteiger partial charge on any atom is -0.399 e. The van der Waals surface area contributed by atoms with Crippen LogP contribution in [0.3, 0.4) is 0 Å². The van der Waals surface area contributed by atoms with Gasteiger partial charge in [-0.2, -0.15) is 5.10 Å². The van der Waals surface area contributed by atoms with Crippen LogP contribution in [-0.4, -0.2) is 18.6 Å². The Balaban J connectivity index is 2.29. The summed E-state index contributed by atoms with van der Waals surface area (Å²) in [4.78, 5) is 0.219. The number of aryl methyl sites for hydroxylation is 2. The standard InChI is InChI=1S/C13H18N4O2S/c1-8-4-12(14)5-13(9(8)2)20(18,19)16-7-11-6-15-17-10(11)3/h4-6,16H,7,14H2,1-3H3,(H,15,17). The molecule has 1 aromatic heterocycles. The second kappa shape index (κ2) is 5.26. The summed E-state index contributed by atoms with van der Waals surface area (Å²) in [7, 11) is -3.60. The molecule has 0 spiro atoms. The van der Waals surface area contributed by atoms with Gasteiger partial charge < -0.3 is 5.73 Å². The lowest BCUT2D eigenvalue weighted by Crippen LogP contribution is -2.24. The summed E-state index contributed by atoms with van der Waals surface area (Å²) in [6.45, 7) is 5.64. The van der Waals surface area contributed by atoms with Crippen molar-refractivity contribution in [2.24, 2.45) is 0 Å². The molecule has 0 unspecified atom stereocenters. The second-order valence-electron chi connectivity index (χ2n) is 4.81. The summed E-state index contributed by atoms with van der Waals surface area (Å²) in [6.07, 6.45) is 1.61. The third kappa shape index (κ3) is 2.83. The van der Waals surface area contributed by atoms with Gasteiger partial charge in [-0.05, 0) is 44.0 Å². The summed E-state index contributed by atoms with van der Waals surface area (Å²) < 4.78 is 27.3. The first-order valence-electron chi connectivity index (χ1n) is 6.16. The van der Waals surface area contributed by atoms with Crippen LogP contribution in [0.25, 0.3) is 0 Å². The molecular formula is C13H18N4O2S. The smallest absolute Gasteiger partial charge is 0.241 e. The average Bonchev–Trinajstić information content (AvgIpc) is 2.77. The van der Waals surface area contributed by atoms with E-state index in [-0.39, 0.29) is 11.4 Å². The van der Waals surface area contributed by atoms with Crippen molar-refractivity contribution in [1.29, 1.82) is 0 Å². The summed E-state index contributed by atoms with van der Waals surface area (Å²) in [6, 6.07) is 3.24. The number of sulfonamides is 1. The summed E-state index contributed by atoms with van der Waals surface area (Å²) in [5.74, 6) is 0. The number of anilines is 1. The lowest BCUT2D eigenvalue weighted by atomic mass is 10.1. The third-order valence-corrected chi connectivity index (χ3v) is 4.85. The molecule has 0 aliphatic carbocycles. The Morgan fingerprint density at radius 3 is 2.60 bits per heavy atom. The van der Waals surface area contributed by atoms with Crippen LogP contribution < -0.4 is 10.5 Å². The van der Waals surface area contributed by atoms with Crippen molar-refractivity contribution >= 4 is 15.7 Å². The Kier molecular flexibility index (Phi) is 3.82. The fourth-order valence-electron chi connectivity index (χ4n) is 1.94. The van der Waals surface area contributed by atoms with E-state index in [1.165, 1.54) is 6.07 Å². The maximum atomic E-state index is 12.4. The van der Waals surface area contributed by atoms with E-state index >= 15 is 0 Å². The number of H-pyrrole nitrogens is 1. The molecule has 4 N–H and O–H groups in total. The highest BCUT2D eigenvalue weighted by Crippen LogP contribution is 2.22. The van der Waals surface area contributed by atoms with Crippen LogP contribution in [0.1, 0.15) is 22.4 Å². The van der Waals surface area contributed by atoms with Crippen molar-refractivity contribution in [3.63, 3.8) is 0 Å². The van der Waals surface area contributed by atoms with Crippen LogP contribution in [0.4, 0.5) is 5.69 Å².